The second-order valence-corrected chi connectivity index (χ2v) is 8.38. The van der Waals surface area contributed by atoms with Gasteiger partial charge in [-0.05, 0) is 55.0 Å². The highest BCUT2D eigenvalue weighted by Gasteiger charge is 2.35. The van der Waals surface area contributed by atoms with Crippen molar-refractivity contribution >= 4 is 34.3 Å². The minimum absolute atomic E-state index is 0.0115. The van der Waals surface area contributed by atoms with Gasteiger partial charge in [0.2, 0.25) is 0 Å². The van der Waals surface area contributed by atoms with Gasteiger partial charge < -0.3 is 24.8 Å². The molecule has 1 aromatic carbocycles. The van der Waals surface area contributed by atoms with Gasteiger partial charge in [0.25, 0.3) is 0 Å². The first-order valence-electron chi connectivity index (χ1n) is 7.93. The summed E-state index contributed by atoms with van der Waals surface area (Å²) in [6.07, 6.45) is 1.74. The molecule has 2 atom stereocenters. The zero-order valence-corrected chi connectivity index (χ0v) is 17.1. The van der Waals surface area contributed by atoms with E-state index in [0.717, 1.165) is 18.2 Å². The van der Waals surface area contributed by atoms with Crippen LogP contribution >= 0.6 is 22.6 Å². The Hall–Kier alpha value is -1.81. The van der Waals surface area contributed by atoms with E-state index < -0.39 is 38.2 Å². The van der Waals surface area contributed by atoms with E-state index in [1.807, 2.05) is 22.6 Å². The second kappa shape index (κ2) is 8.72. The lowest BCUT2D eigenvalue weighted by Crippen LogP contribution is -2.39. The smallest absolute Gasteiger partial charge is 0.331 e. The Morgan fingerprint density at radius 3 is 2.23 bits per heavy atom. The van der Waals surface area contributed by atoms with Crippen molar-refractivity contribution < 1.29 is 34.4 Å². The molecule has 8 heteroatoms. The zero-order valence-electron chi connectivity index (χ0n) is 14.9. The van der Waals surface area contributed by atoms with Crippen LogP contribution in [0.5, 0.6) is 17.2 Å². The molecule has 0 spiro atoms. The molecule has 0 amide bonds. The number of ether oxygens (including phenoxy) is 2. The van der Waals surface area contributed by atoms with E-state index in [1.54, 1.807) is 20.8 Å². The van der Waals surface area contributed by atoms with Gasteiger partial charge >= 0.3 is 5.97 Å². The van der Waals surface area contributed by atoms with Crippen molar-refractivity contribution in [3.63, 3.8) is 0 Å². The van der Waals surface area contributed by atoms with Gasteiger partial charge in [0, 0.05) is 18.1 Å². The van der Waals surface area contributed by atoms with Crippen LogP contribution in [0.1, 0.15) is 44.0 Å². The third-order valence-electron chi connectivity index (χ3n) is 3.94. The van der Waals surface area contributed by atoms with Gasteiger partial charge in [0.15, 0.2) is 26.6 Å². The van der Waals surface area contributed by atoms with Gasteiger partial charge in [-0.3, -0.25) is 4.79 Å². The largest absolute Gasteiger partial charge is 0.504 e. The number of Topliss-reactive ketones (excluding diaryl/α,β-unsaturated/α-hetero) is 1. The van der Waals surface area contributed by atoms with Crippen LogP contribution in [0.4, 0.5) is 0 Å². The van der Waals surface area contributed by atoms with Crippen LogP contribution in [-0.4, -0.2) is 42.9 Å². The van der Waals surface area contributed by atoms with Crippen molar-refractivity contribution in [3.05, 3.63) is 30.4 Å². The van der Waals surface area contributed by atoms with E-state index in [1.165, 1.54) is 0 Å². The molecule has 1 aromatic rings. The molecule has 0 bridgehead atoms. The lowest BCUT2D eigenvalue weighted by atomic mass is 9.91. The number of aromatic hydroxyl groups is 3. The summed E-state index contributed by atoms with van der Waals surface area (Å²) in [7, 11) is 0. The van der Waals surface area contributed by atoms with Gasteiger partial charge in [0.05, 0.1) is 6.61 Å². The highest BCUT2D eigenvalue weighted by Crippen LogP contribution is 2.37. The quantitative estimate of drug-likeness (QED) is 0.124. The van der Waals surface area contributed by atoms with Crippen LogP contribution < -0.4 is 0 Å². The maximum Gasteiger partial charge on any atom is 0.331 e. The molecular formula is C18H23IO7. The third-order valence-corrected chi connectivity index (χ3v) is 4.70. The number of alkyl halides is 1. The Bertz CT molecular complexity index is 676. The maximum atomic E-state index is 12.8. The van der Waals surface area contributed by atoms with Crippen LogP contribution in [0.2, 0.25) is 0 Å². The van der Waals surface area contributed by atoms with Gasteiger partial charge in [-0.1, -0.05) is 13.5 Å². The fourth-order valence-corrected chi connectivity index (χ4v) is 2.57. The fraction of sp³-hybridized carbons (Fsp3) is 0.444. The Morgan fingerprint density at radius 1 is 1.23 bits per heavy atom. The van der Waals surface area contributed by atoms with E-state index in [-0.39, 0.29) is 12.2 Å². The number of phenols is 3. The van der Waals surface area contributed by atoms with Crippen molar-refractivity contribution in [1.82, 2.24) is 0 Å². The topological polar surface area (TPSA) is 113 Å². The number of carbonyl (C=O) groups excluding carboxylic acids is 2. The lowest BCUT2D eigenvalue weighted by molar-refractivity contribution is -0.144. The summed E-state index contributed by atoms with van der Waals surface area (Å²) in [6.45, 7) is 8.54. The summed E-state index contributed by atoms with van der Waals surface area (Å²) >= 11 is 1.97. The van der Waals surface area contributed by atoms with Gasteiger partial charge in [0.1, 0.15) is 5.60 Å². The number of halogens is 1. The van der Waals surface area contributed by atoms with E-state index >= 15 is 0 Å². The number of esters is 1. The highest BCUT2D eigenvalue weighted by molar-refractivity contribution is 14.1. The first kappa shape index (κ1) is 22.2. The van der Waals surface area contributed by atoms with Crippen molar-refractivity contribution in [2.75, 3.05) is 6.61 Å². The number of benzene rings is 1. The van der Waals surface area contributed by atoms with Crippen LogP contribution in [0.15, 0.2) is 24.8 Å². The number of ketones is 1. The minimum Gasteiger partial charge on any atom is -0.504 e. The Balaban J connectivity index is 2.86. The monoisotopic (exact) mass is 478 g/mol. The molecule has 0 heterocycles. The SMILES string of the molecule is C=CC(=O)OC(C)(I)CCO[C@](C)(CC)C(=O)c1cc(O)c(O)c(O)c1. The maximum absolute atomic E-state index is 12.8. The molecule has 3 N–H and O–H groups in total. The third kappa shape index (κ3) is 5.60. The van der Waals surface area contributed by atoms with Crippen LogP contribution in [-0.2, 0) is 14.3 Å². The lowest BCUT2D eigenvalue weighted by Gasteiger charge is -2.29. The molecule has 0 aliphatic carbocycles. The first-order valence-corrected chi connectivity index (χ1v) is 9.01. The van der Waals surface area contributed by atoms with Crippen LogP contribution in [0.3, 0.4) is 0 Å². The summed E-state index contributed by atoms with van der Waals surface area (Å²) in [5.74, 6) is -2.88. The Kier molecular flexibility index (Phi) is 7.45. The molecule has 0 aliphatic heterocycles. The molecule has 26 heavy (non-hydrogen) atoms. The van der Waals surface area contributed by atoms with Crippen molar-refractivity contribution in [1.29, 1.82) is 0 Å². The molecular weight excluding hydrogens is 455 g/mol. The van der Waals surface area contributed by atoms with Crippen LogP contribution in [0, 0.1) is 0 Å². The van der Waals surface area contributed by atoms with E-state index in [4.69, 9.17) is 9.47 Å². The van der Waals surface area contributed by atoms with E-state index in [2.05, 4.69) is 6.58 Å². The Labute approximate surface area is 165 Å². The van der Waals surface area contributed by atoms with Crippen molar-refractivity contribution in [3.8, 4) is 17.2 Å². The van der Waals surface area contributed by atoms with Crippen molar-refractivity contribution in [2.24, 2.45) is 0 Å². The summed E-state index contributed by atoms with van der Waals surface area (Å²) < 4.78 is 10.1. The molecule has 7 nitrogen and oxygen atoms in total. The number of hydrogen-bond donors (Lipinski definition) is 3. The fourth-order valence-electron chi connectivity index (χ4n) is 2.13. The van der Waals surface area contributed by atoms with Crippen LogP contribution in [0.25, 0.3) is 0 Å². The van der Waals surface area contributed by atoms with E-state index in [9.17, 15) is 24.9 Å². The standard InChI is InChI=1S/C18H23IO7/c1-5-14(22)26-18(4,19)7-8-25-17(3,6-2)16(24)11-9-12(20)15(23)13(21)10-11/h5,9-10,20-21,23H,1,6-8H2,2-4H3/t17-,18?/m1/s1. The number of hydrogen-bond acceptors (Lipinski definition) is 7. The van der Waals surface area contributed by atoms with Gasteiger partial charge in [-0.25, -0.2) is 4.79 Å². The molecule has 0 saturated heterocycles. The molecule has 0 aromatic heterocycles. The highest BCUT2D eigenvalue weighted by atomic mass is 127. The predicted molar refractivity (Wildman–Crippen MR) is 104 cm³/mol. The zero-order chi connectivity index (χ0) is 20.1. The van der Waals surface area contributed by atoms with Gasteiger partial charge in [-0.2, -0.15) is 0 Å². The van der Waals surface area contributed by atoms with E-state index in [0.29, 0.717) is 12.8 Å². The molecule has 0 fully saturated rings. The number of rotatable bonds is 9. The summed E-state index contributed by atoms with van der Waals surface area (Å²) in [5, 5.41) is 28.6. The predicted octanol–water partition coefficient (Wildman–Crippen LogP) is 3.44. The number of phenolic OH excluding ortho intramolecular Hbond substituents is 3. The summed E-state index contributed by atoms with van der Waals surface area (Å²) in [5.41, 5.74) is -1.21. The molecule has 144 valence electrons. The second-order valence-electron chi connectivity index (χ2n) is 6.10. The number of carbonyl (C=O) groups is 2. The average molecular weight is 478 g/mol. The molecule has 1 rings (SSSR count). The molecule has 0 aliphatic rings. The van der Waals surface area contributed by atoms with Crippen molar-refractivity contribution in [2.45, 2.75) is 42.8 Å². The molecule has 0 saturated carbocycles. The first-order chi connectivity index (χ1) is 12.0. The molecule has 1 unspecified atom stereocenters. The molecule has 0 radical (unpaired) electrons. The Morgan fingerprint density at radius 2 is 1.77 bits per heavy atom. The normalized spacial score (nSPS) is 15.5. The summed E-state index contributed by atoms with van der Waals surface area (Å²) in [4.78, 5) is 24.1. The average Bonchev–Trinajstić information content (AvgIpc) is 2.57. The summed E-state index contributed by atoms with van der Waals surface area (Å²) in [6, 6.07) is 2.14. The minimum atomic E-state index is -1.22. The van der Waals surface area contributed by atoms with Gasteiger partial charge in [-0.15, -0.1) is 0 Å².